The monoisotopic (exact) mass is 372 g/mol. The Morgan fingerprint density at radius 2 is 2.19 bits per heavy atom. The topological polar surface area (TPSA) is 15.3 Å². The molecule has 2 rings (SSSR count). The highest BCUT2D eigenvalue weighted by Gasteiger charge is 2.30. The van der Waals surface area contributed by atoms with Crippen LogP contribution in [-0.2, 0) is 0 Å². The zero-order valence-corrected chi connectivity index (χ0v) is 15.4. The van der Waals surface area contributed by atoms with Gasteiger partial charge < -0.3 is 5.32 Å². The standard InChI is InChI=1S/C17H26BrClN2/c1-3-9-21-10-5-4-6-14(12-20-2)17(21)13-7-8-15(18)16(19)11-13/h7-8,11,14,17,20H,3-6,9-10,12H2,1-2H3. The molecule has 1 fully saturated rings. The van der Waals surface area contributed by atoms with Gasteiger partial charge in [0.25, 0.3) is 0 Å². The third-order valence-electron chi connectivity index (χ3n) is 4.37. The molecule has 0 amide bonds. The Labute approximate surface area is 142 Å². The van der Waals surface area contributed by atoms with Crippen LogP contribution in [0.25, 0.3) is 0 Å². The minimum Gasteiger partial charge on any atom is -0.319 e. The van der Waals surface area contributed by atoms with Gasteiger partial charge in [-0.3, -0.25) is 4.90 Å². The average molecular weight is 374 g/mol. The number of nitrogens with one attached hydrogen (secondary N) is 1. The zero-order valence-electron chi connectivity index (χ0n) is 13.0. The van der Waals surface area contributed by atoms with Gasteiger partial charge in [0.2, 0.25) is 0 Å². The first kappa shape index (κ1) is 17.3. The van der Waals surface area contributed by atoms with Crippen LogP contribution in [0.2, 0.25) is 5.02 Å². The Morgan fingerprint density at radius 1 is 1.38 bits per heavy atom. The van der Waals surface area contributed by atoms with E-state index in [0.717, 1.165) is 16.0 Å². The Morgan fingerprint density at radius 3 is 2.86 bits per heavy atom. The second kappa shape index (κ2) is 8.52. The summed E-state index contributed by atoms with van der Waals surface area (Å²) in [5.74, 6) is 0.654. The zero-order chi connectivity index (χ0) is 15.2. The second-order valence-electron chi connectivity index (χ2n) is 5.97. The normalized spacial score (nSPS) is 24.0. The molecule has 0 aliphatic carbocycles. The molecule has 4 heteroatoms. The van der Waals surface area contributed by atoms with Crippen molar-refractivity contribution in [2.45, 2.75) is 38.6 Å². The van der Waals surface area contributed by atoms with Gasteiger partial charge in [0.05, 0.1) is 5.02 Å². The summed E-state index contributed by atoms with van der Waals surface area (Å²) in [6, 6.07) is 6.94. The van der Waals surface area contributed by atoms with E-state index >= 15 is 0 Å². The fraction of sp³-hybridized carbons (Fsp3) is 0.647. The van der Waals surface area contributed by atoms with Crippen molar-refractivity contribution in [2.24, 2.45) is 5.92 Å². The van der Waals surface area contributed by atoms with Crippen molar-refractivity contribution in [1.82, 2.24) is 10.2 Å². The summed E-state index contributed by atoms with van der Waals surface area (Å²) in [5.41, 5.74) is 1.36. The van der Waals surface area contributed by atoms with Gasteiger partial charge in [-0.25, -0.2) is 0 Å². The second-order valence-corrected chi connectivity index (χ2v) is 7.23. The van der Waals surface area contributed by atoms with E-state index in [1.807, 2.05) is 0 Å². The molecule has 1 heterocycles. The van der Waals surface area contributed by atoms with E-state index in [0.29, 0.717) is 12.0 Å². The van der Waals surface area contributed by atoms with Gasteiger partial charge in [0.15, 0.2) is 0 Å². The van der Waals surface area contributed by atoms with Gasteiger partial charge in [-0.1, -0.05) is 31.0 Å². The van der Waals surface area contributed by atoms with E-state index in [4.69, 9.17) is 11.6 Å². The SMILES string of the molecule is CCCN1CCCCC(CNC)C1c1ccc(Br)c(Cl)c1. The molecule has 1 aromatic rings. The fourth-order valence-corrected chi connectivity index (χ4v) is 3.95. The maximum absolute atomic E-state index is 6.34. The molecule has 1 saturated heterocycles. The summed E-state index contributed by atoms with van der Waals surface area (Å²) in [5, 5.41) is 4.20. The van der Waals surface area contributed by atoms with E-state index in [9.17, 15) is 0 Å². The highest BCUT2D eigenvalue weighted by molar-refractivity contribution is 9.10. The molecule has 0 radical (unpaired) electrons. The number of likely N-dealkylation sites (tertiary alicyclic amines) is 1. The first-order valence-electron chi connectivity index (χ1n) is 8.01. The highest BCUT2D eigenvalue weighted by Crippen LogP contribution is 2.37. The Hall–Kier alpha value is -0.0900. The molecule has 2 atom stereocenters. The van der Waals surface area contributed by atoms with E-state index in [-0.39, 0.29) is 0 Å². The minimum absolute atomic E-state index is 0.477. The lowest BCUT2D eigenvalue weighted by Crippen LogP contribution is -2.36. The minimum atomic E-state index is 0.477. The summed E-state index contributed by atoms with van der Waals surface area (Å²) in [6.45, 7) is 5.70. The first-order chi connectivity index (χ1) is 10.2. The number of hydrogen-bond donors (Lipinski definition) is 1. The third kappa shape index (κ3) is 4.44. The predicted molar refractivity (Wildman–Crippen MR) is 95.0 cm³/mol. The summed E-state index contributed by atoms with van der Waals surface area (Å²) >= 11 is 9.85. The first-order valence-corrected chi connectivity index (χ1v) is 9.18. The molecule has 21 heavy (non-hydrogen) atoms. The van der Waals surface area contributed by atoms with Gasteiger partial charge in [-0.2, -0.15) is 0 Å². The van der Waals surface area contributed by atoms with Crippen molar-refractivity contribution < 1.29 is 0 Å². The summed E-state index contributed by atoms with van der Waals surface area (Å²) in [6.07, 6.45) is 5.13. The van der Waals surface area contributed by atoms with Crippen LogP contribution >= 0.6 is 27.5 Å². The van der Waals surface area contributed by atoms with Crippen molar-refractivity contribution in [3.8, 4) is 0 Å². The maximum Gasteiger partial charge on any atom is 0.0551 e. The molecular formula is C17H26BrClN2. The average Bonchev–Trinajstić information content (AvgIpc) is 2.66. The molecule has 0 aromatic heterocycles. The number of benzene rings is 1. The molecule has 1 aliphatic rings. The quantitative estimate of drug-likeness (QED) is 0.791. The summed E-state index contributed by atoms with van der Waals surface area (Å²) in [4.78, 5) is 2.66. The molecular weight excluding hydrogens is 348 g/mol. The van der Waals surface area contributed by atoms with Crippen LogP contribution in [0.4, 0.5) is 0 Å². The lowest BCUT2D eigenvalue weighted by atomic mass is 9.89. The van der Waals surface area contributed by atoms with E-state index < -0.39 is 0 Å². The Balaban J connectivity index is 2.34. The van der Waals surface area contributed by atoms with Crippen LogP contribution in [0.3, 0.4) is 0 Å². The lowest BCUT2D eigenvalue weighted by molar-refractivity contribution is 0.154. The lowest BCUT2D eigenvalue weighted by Gasteiger charge is -2.35. The van der Waals surface area contributed by atoms with Crippen LogP contribution < -0.4 is 5.32 Å². The smallest absolute Gasteiger partial charge is 0.0551 e. The van der Waals surface area contributed by atoms with Crippen molar-refractivity contribution in [3.63, 3.8) is 0 Å². The van der Waals surface area contributed by atoms with E-state index in [2.05, 4.69) is 58.3 Å². The van der Waals surface area contributed by atoms with Gasteiger partial charge >= 0.3 is 0 Å². The van der Waals surface area contributed by atoms with Crippen molar-refractivity contribution in [2.75, 3.05) is 26.7 Å². The van der Waals surface area contributed by atoms with Crippen LogP contribution in [0, 0.1) is 5.92 Å². The van der Waals surface area contributed by atoms with Crippen LogP contribution in [0.5, 0.6) is 0 Å². The van der Waals surface area contributed by atoms with Gasteiger partial charge in [-0.05, 0) is 85.5 Å². The van der Waals surface area contributed by atoms with Gasteiger partial charge in [-0.15, -0.1) is 0 Å². The predicted octanol–water partition coefficient (Wildman–Crippen LogP) is 4.88. The molecule has 0 bridgehead atoms. The number of hydrogen-bond acceptors (Lipinski definition) is 2. The molecule has 1 aromatic carbocycles. The van der Waals surface area contributed by atoms with Crippen LogP contribution in [0.1, 0.15) is 44.2 Å². The number of rotatable bonds is 5. The van der Waals surface area contributed by atoms with Crippen LogP contribution in [0.15, 0.2) is 22.7 Å². The fourth-order valence-electron chi connectivity index (χ4n) is 3.51. The molecule has 1 N–H and O–H groups in total. The largest absolute Gasteiger partial charge is 0.319 e. The van der Waals surface area contributed by atoms with Gasteiger partial charge in [0.1, 0.15) is 0 Å². The Kier molecular flexibility index (Phi) is 7.00. The van der Waals surface area contributed by atoms with Crippen LogP contribution in [-0.4, -0.2) is 31.6 Å². The molecule has 0 spiro atoms. The van der Waals surface area contributed by atoms with Crippen molar-refractivity contribution >= 4 is 27.5 Å². The maximum atomic E-state index is 6.34. The van der Waals surface area contributed by atoms with E-state index in [1.54, 1.807) is 0 Å². The number of nitrogens with zero attached hydrogens (tertiary/aromatic N) is 1. The Bertz CT molecular complexity index is 436. The highest BCUT2D eigenvalue weighted by atomic mass is 79.9. The van der Waals surface area contributed by atoms with Crippen molar-refractivity contribution in [3.05, 3.63) is 33.3 Å². The van der Waals surface area contributed by atoms with Crippen molar-refractivity contribution in [1.29, 1.82) is 0 Å². The third-order valence-corrected chi connectivity index (χ3v) is 5.60. The summed E-state index contributed by atoms with van der Waals surface area (Å²) in [7, 11) is 2.06. The molecule has 0 saturated carbocycles. The molecule has 1 aliphatic heterocycles. The molecule has 2 unspecified atom stereocenters. The van der Waals surface area contributed by atoms with E-state index in [1.165, 1.54) is 44.3 Å². The molecule has 2 nitrogen and oxygen atoms in total. The molecule has 118 valence electrons. The summed E-state index contributed by atoms with van der Waals surface area (Å²) < 4.78 is 0.980. The number of halogens is 2. The van der Waals surface area contributed by atoms with Gasteiger partial charge in [0, 0.05) is 10.5 Å².